The second-order valence-corrected chi connectivity index (χ2v) is 1.04. The third kappa shape index (κ3) is 3.54. The maximum Gasteiger partial charge on any atom is 0.0137 e. The molecule has 0 aliphatic rings. The molecule has 0 aliphatic heterocycles. The Balaban J connectivity index is 2.66. The van der Waals surface area contributed by atoms with E-state index in [2.05, 4.69) is 6.92 Å². The van der Waals surface area contributed by atoms with Crippen LogP contribution < -0.4 is 5.73 Å². The van der Waals surface area contributed by atoms with Crippen molar-refractivity contribution in [3.05, 3.63) is 19.2 Å². The molecule has 0 bridgehead atoms. The Morgan fingerprint density at radius 3 is 2.50 bits per heavy atom. The average molecular weight is 83.1 g/mol. The summed E-state index contributed by atoms with van der Waals surface area (Å²) in [4.78, 5) is 0. The number of nitrogens with one attached hydrogen (secondary N) is 1. The highest BCUT2D eigenvalue weighted by molar-refractivity contribution is 4.74. The summed E-state index contributed by atoms with van der Waals surface area (Å²) in [7, 11) is 0. The molecule has 1 heteroatoms. The van der Waals surface area contributed by atoms with E-state index < -0.39 is 0 Å². The highest BCUT2D eigenvalue weighted by Gasteiger charge is 1.65. The standard InChI is InChI=1S/C5H9N/c1-2-3-4-5-6/h4-6H,1-3H2. The van der Waals surface area contributed by atoms with Crippen molar-refractivity contribution < 1.29 is 0 Å². The minimum Gasteiger partial charge on any atom is -0.309 e. The summed E-state index contributed by atoms with van der Waals surface area (Å²) < 4.78 is 0. The molecule has 0 aromatic rings. The molecule has 2 radical (unpaired) electrons. The van der Waals surface area contributed by atoms with E-state index >= 15 is 0 Å². The van der Waals surface area contributed by atoms with Crippen molar-refractivity contribution in [2.45, 2.75) is 12.8 Å². The number of hydrogen-bond acceptors (Lipinski definition) is 0. The number of allylic oxidation sites excluding steroid dienone is 1. The lowest BCUT2D eigenvalue weighted by Crippen LogP contribution is -1.59. The minimum absolute atomic E-state index is 0.898. The Morgan fingerprint density at radius 2 is 2.33 bits per heavy atom. The van der Waals surface area contributed by atoms with E-state index in [4.69, 9.17) is 5.73 Å². The molecule has 0 saturated heterocycles. The van der Waals surface area contributed by atoms with E-state index in [1.54, 1.807) is 6.08 Å². The highest BCUT2D eigenvalue weighted by Crippen LogP contribution is 1.83. The molecule has 0 heterocycles. The first-order chi connectivity index (χ1) is 2.91. The lowest BCUT2D eigenvalue weighted by molar-refractivity contribution is 1.04. The number of unbranched alkanes of at least 4 members (excludes halogenated alkanes) is 1. The van der Waals surface area contributed by atoms with Crippen LogP contribution in [0.2, 0.25) is 0 Å². The SMILES string of the molecule is [CH2]CCC=C[NH]. The molecule has 0 saturated carbocycles. The Kier molecular flexibility index (Phi) is 4.19. The molecule has 0 amide bonds. The number of hydrogen-bond donors (Lipinski definition) is 0. The van der Waals surface area contributed by atoms with Gasteiger partial charge in [0, 0.05) is 6.20 Å². The highest BCUT2D eigenvalue weighted by atomic mass is 14.5. The Labute approximate surface area is 38.8 Å². The molecule has 0 aromatic heterocycles. The maximum absolute atomic E-state index is 6.50. The lowest BCUT2D eigenvalue weighted by Gasteiger charge is -1.75. The van der Waals surface area contributed by atoms with Crippen LogP contribution >= 0.6 is 0 Å². The van der Waals surface area contributed by atoms with Gasteiger partial charge in [0.2, 0.25) is 0 Å². The Hall–Kier alpha value is -0.460. The summed E-state index contributed by atoms with van der Waals surface area (Å²) in [6.45, 7) is 3.59. The van der Waals surface area contributed by atoms with Crippen molar-refractivity contribution in [3.8, 4) is 0 Å². The zero-order valence-electron chi connectivity index (χ0n) is 3.78. The molecule has 0 spiro atoms. The topological polar surface area (TPSA) is 23.8 Å². The van der Waals surface area contributed by atoms with Crippen LogP contribution in [0.4, 0.5) is 0 Å². The average Bonchev–Trinajstić information content (AvgIpc) is 1.61. The van der Waals surface area contributed by atoms with E-state index in [0.717, 1.165) is 12.8 Å². The van der Waals surface area contributed by atoms with Crippen molar-refractivity contribution >= 4 is 0 Å². The molecule has 0 fully saturated rings. The van der Waals surface area contributed by atoms with Gasteiger partial charge in [-0.05, 0) is 12.8 Å². The van der Waals surface area contributed by atoms with Crippen LogP contribution in [0.25, 0.3) is 0 Å². The van der Waals surface area contributed by atoms with Crippen molar-refractivity contribution in [1.29, 1.82) is 0 Å². The van der Waals surface area contributed by atoms with Crippen molar-refractivity contribution in [1.82, 2.24) is 5.73 Å². The molecule has 0 unspecified atom stereocenters. The van der Waals surface area contributed by atoms with Crippen molar-refractivity contribution in [2.75, 3.05) is 0 Å². The fraction of sp³-hybridized carbons (Fsp3) is 0.400. The molecule has 1 nitrogen and oxygen atoms in total. The molecule has 34 valence electrons. The molecule has 0 aromatic carbocycles. The largest absolute Gasteiger partial charge is 0.309 e. The smallest absolute Gasteiger partial charge is 0.0137 e. The van der Waals surface area contributed by atoms with Gasteiger partial charge < -0.3 is 5.73 Å². The van der Waals surface area contributed by atoms with Gasteiger partial charge in [-0.25, -0.2) is 0 Å². The van der Waals surface area contributed by atoms with Crippen LogP contribution in [0.3, 0.4) is 0 Å². The van der Waals surface area contributed by atoms with Gasteiger partial charge in [0.15, 0.2) is 0 Å². The van der Waals surface area contributed by atoms with Crippen molar-refractivity contribution in [2.24, 2.45) is 0 Å². The molecule has 0 rings (SSSR count). The first kappa shape index (κ1) is 5.54. The molecule has 6 heavy (non-hydrogen) atoms. The molecule has 1 N–H and O–H groups in total. The monoisotopic (exact) mass is 83.1 g/mol. The van der Waals surface area contributed by atoms with Crippen LogP contribution in [0.1, 0.15) is 12.8 Å². The molecular formula is C5H9N. The Morgan fingerprint density at radius 1 is 1.67 bits per heavy atom. The fourth-order valence-electron chi connectivity index (χ4n) is 0.201. The van der Waals surface area contributed by atoms with E-state index in [1.165, 1.54) is 6.20 Å². The van der Waals surface area contributed by atoms with Gasteiger partial charge in [-0.2, -0.15) is 0 Å². The minimum atomic E-state index is 0.898. The summed E-state index contributed by atoms with van der Waals surface area (Å²) in [5.41, 5.74) is 6.50. The van der Waals surface area contributed by atoms with Crippen LogP contribution in [0.5, 0.6) is 0 Å². The second-order valence-electron chi connectivity index (χ2n) is 1.04. The van der Waals surface area contributed by atoms with E-state index in [-0.39, 0.29) is 0 Å². The van der Waals surface area contributed by atoms with Gasteiger partial charge in [-0.1, -0.05) is 13.0 Å². The number of rotatable bonds is 2. The predicted octanol–water partition coefficient (Wildman–Crippen LogP) is 1.40. The second kappa shape index (κ2) is 4.54. The van der Waals surface area contributed by atoms with Gasteiger partial charge >= 0.3 is 0 Å². The van der Waals surface area contributed by atoms with E-state index in [1.807, 2.05) is 0 Å². The van der Waals surface area contributed by atoms with Crippen LogP contribution in [-0.4, -0.2) is 0 Å². The van der Waals surface area contributed by atoms with Crippen LogP contribution in [0, 0.1) is 6.92 Å². The first-order valence-corrected chi connectivity index (χ1v) is 2.03. The molecule has 0 aliphatic carbocycles. The summed E-state index contributed by atoms with van der Waals surface area (Å²) in [5.74, 6) is 0. The van der Waals surface area contributed by atoms with E-state index in [0.29, 0.717) is 0 Å². The summed E-state index contributed by atoms with van der Waals surface area (Å²) in [6.07, 6.45) is 4.91. The first-order valence-electron chi connectivity index (χ1n) is 2.03. The summed E-state index contributed by atoms with van der Waals surface area (Å²) in [6, 6.07) is 0. The van der Waals surface area contributed by atoms with Crippen LogP contribution in [-0.2, 0) is 0 Å². The molecule has 0 atom stereocenters. The lowest BCUT2D eigenvalue weighted by atomic mass is 10.3. The van der Waals surface area contributed by atoms with Gasteiger partial charge in [-0.15, -0.1) is 0 Å². The third-order valence-corrected chi connectivity index (χ3v) is 0.489. The normalized spacial score (nSPS) is 10.2. The third-order valence-electron chi connectivity index (χ3n) is 0.489. The summed E-state index contributed by atoms with van der Waals surface area (Å²) in [5, 5.41) is 0. The maximum atomic E-state index is 6.50. The van der Waals surface area contributed by atoms with Gasteiger partial charge in [0.25, 0.3) is 0 Å². The fourth-order valence-corrected chi connectivity index (χ4v) is 0.201. The van der Waals surface area contributed by atoms with Crippen molar-refractivity contribution in [3.63, 3.8) is 0 Å². The van der Waals surface area contributed by atoms with E-state index in [9.17, 15) is 0 Å². The predicted molar refractivity (Wildman–Crippen MR) is 26.8 cm³/mol. The Bertz CT molecular complexity index is 39.2. The molecular weight excluding hydrogens is 74.1 g/mol. The zero-order valence-corrected chi connectivity index (χ0v) is 3.78. The van der Waals surface area contributed by atoms with Gasteiger partial charge in [-0.3, -0.25) is 0 Å². The quantitative estimate of drug-likeness (QED) is 0.482. The zero-order chi connectivity index (χ0) is 4.83. The summed E-state index contributed by atoms with van der Waals surface area (Å²) >= 11 is 0. The van der Waals surface area contributed by atoms with Crippen LogP contribution in [0.15, 0.2) is 12.3 Å². The van der Waals surface area contributed by atoms with Gasteiger partial charge in [0.05, 0.1) is 0 Å². The van der Waals surface area contributed by atoms with Gasteiger partial charge in [0.1, 0.15) is 0 Å².